The van der Waals surface area contributed by atoms with Gasteiger partial charge in [0.05, 0.1) is 12.2 Å². The molecule has 4 aromatic heterocycles. The van der Waals surface area contributed by atoms with E-state index in [9.17, 15) is 9.59 Å². The molecule has 0 aliphatic rings. The van der Waals surface area contributed by atoms with Crippen molar-refractivity contribution in [3.05, 3.63) is 82.8 Å². The van der Waals surface area contributed by atoms with E-state index in [0.717, 1.165) is 11.3 Å². The first kappa shape index (κ1) is 14.1. The Balaban J connectivity index is 1.56. The fourth-order valence-corrected chi connectivity index (χ4v) is 2.50. The minimum Gasteiger partial charge on any atom is -0.345 e. The van der Waals surface area contributed by atoms with Crippen LogP contribution in [0, 0.1) is 0 Å². The Hall–Kier alpha value is -3.48. The van der Waals surface area contributed by atoms with Crippen molar-refractivity contribution in [2.45, 2.75) is 6.54 Å². The molecule has 0 aromatic carbocycles. The molecule has 4 rings (SSSR count). The molecule has 118 valence electrons. The molecule has 4 heterocycles. The Morgan fingerprint density at radius 3 is 2.67 bits per heavy atom. The molecular formula is C17H13N5O2. The van der Waals surface area contributed by atoms with Gasteiger partial charge in [0.1, 0.15) is 17.0 Å². The van der Waals surface area contributed by atoms with E-state index >= 15 is 0 Å². The number of nitrogens with zero attached hydrogens (tertiary/aromatic N) is 4. The third-order valence-corrected chi connectivity index (χ3v) is 3.65. The molecule has 0 spiro atoms. The lowest BCUT2D eigenvalue weighted by Gasteiger charge is -2.04. The number of hydrogen-bond acceptors (Lipinski definition) is 4. The van der Waals surface area contributed by atoms with Crippen molar-refractivity contribution in [3.8, 4) is 0 Å². The van der Waals surface area contributed by atoms with Gasteiger partial charge in [-0.1, -0.05) is 12.1 Å². The minimum atomic E-state index is -0.407. The monoisotopic (exact) mass is 319 g/mol. The summed E-state index contributed by atoms with van der Waals surface area (Å²) in [4.78, 5) is 32.9. The van der Waals surface area contributed by atoms with Gasteiger partial charge in [0, 0.05) is 24.7 Å². The fraction of sp³-hybridized carbons (Fsp3) is 0.0588. The normalized spacial score (nSPS) is 11.0. The summed E-state index contributed by atoms with van der Waals surface area (Å²) in [6.07, 6.45) is 5.35. The topological polar surface area (TPSA) is 80.8 Å². The average Bonchev–Trinajstić information content (AvgIpc) is 3.02. The van der Waals surface area contributed by atoms with Crippen LogP contribution in [-0.2, 0) is 6.54 Å². The van der Waals surface area contributed by atoms with Gasteiger partial charge in [-0.05, 0) is 24.3 Å². The van der Waals surface area contributed by atoms with Gasteiger partial charge >= 0.3 is 0 Å². The molecule has 0 saturated carbocycles. The number of hydrogen-bond donors (Lipinski definition) is 1. The number of nitrogens with one attached hydrogen (secondary N) is 1. The highest BCUT2D eigenvalue weighted by Crippen LogP contribution is 2.05. The quantitative estimate of drug-likeness (QED) is 0.617. The highest BCUT2D eigenvalue weighted by molar-refractivity contribution is 5.92. The lowest BCUT2D eigenvalue weighted by Crippen LogP contribution is -2.27. The van der Waals surface area contributed by atoms with Gasteiger partial charge in [0.15, 0.2) is 0 Å². The largest absolute Gasteiger partial charge is 0.345 e. The highest BCUT2D eigenvalue weighted by atomic mass is 16.2. The van der Waals surface area contributed by atoms with Crippen LogP contribution >= 0.6 is 0 Å². The summed E-state index contributed by atoms with van der Waals surface area (Å²) < 4.78 is 3.26. The van der Waals surface area contributed by atoms with Crippen molar-refractivity contribution in [1.82, 2.24) is 24.1 Å². The maximum Gasteiger partial charge on any atom is 0.270 e. The second-order valence-electron chi connectivity index (χ2n) is 5.29. The first-order chi connectivity index (χ1) is 11.7. The molecule has 7 nitrogen and oxygen atoms in total. The number of fused-ring (bicyclic) bond motifs is 2. The van der Waals surface area contributed by atoms with Gasteiger partial charge in [-0.3, -0.25) is 14.0 Å². The Labute approximate surface area is 136 Å². The molecule has 0 bridgehead atoms. The minimum absolute atomic E-state index is 0.0926. The molecule has 1 N–H and O–H groups in total. The molecule has 0 aliphatic heterocycles. The van der Waals surface area contributed by atoms with E-state index in [1.165, 1.54) is 10.5 Å². The molecule has 0 unspecified atom stereocenters. The molecular weight excluding hydrogens is 306 g/mol. The van der Waals surface area contributed by atoms with Crippen molar-refractivity contribution in [1.29, 1.82) is 0 Å². The molecule has 1 amide bonds. The zero-order valence-electron chi connectivity index (χ0n) is 12.6. The summed E-state index contributed by atoms with van der Waals surface area (Å²) in [6.45, 7) is 0.260. The zero-order valence-corrected chi connectivity index (χ0v) is 12.6. The summed E-state index contributed by atoms with van der Waals surface area (Å²) in [5, 5.41) is 2.74. The van der Waals surface area contributed by atoms with Crippen LogP contribution in [0.15, 0.2) is 65.8 Å². The standard InChI is InChI=1S/C17H13N5O2/c23-16-9-13(20-15-6-2-4-8-22(15)16)17(24)18-10-12-11-21-7-3-1-5-14(21)19-12/h1-9,11H,10H2,(H,18,24). The van der Waals surface area contributed by atoms with Crippen molar-refractivity contribution in [2.24, 2.45) is 0 Å². The second-order valence-corrected chi connectivity index (χ2v) is 5.29. The van der Waals surface area contributed by atoms with E-state index in [0.29, 0.717) is 5.65 Å². The summed E-state index contributed by atoms with van der Waals surface area (Å²) >= 11 is 0. The molecule has 0 aliphatic carbocycles. The van der Waals surface area contributed by atoms with E-state index in [-0.39, 0.29) is 17.8 Å². The Bertz CT molecular complexity index is 1080. The van der Waals surface area contributed by atoms with Crippen LogP contribution in [-0.4, -0.2) is 24.7 Å². The molecule has 0 fully saturated rings. The lowest BCUT2D eigenvalue weighted by atomic mass is 10.3. The van der Waals surface area contributed by atoms with Crippen LogP contribution in [0.25, 0.3) is 11.3 Å². The van der Waals surface area contributed by atoms with Gasteiger partial charge in [-0.15, -0.1) is 0 Å². The van der Waals surface area contributed by atoms with Gasteiger partial charge in [0.25, 0.3) is 11.5 Å². The summed E-state index contributed by atoms with van der Waals surface area (Å²) in [6, 6.07) is 12.1. The number of pyridine rings is 2. The molecule has 4 aromatic rings. The number of amides is 1. The smallest absolute Gasteiger partial charge is 0.270 e. The van der Waals surface area contributed by atoms with Crippen LogP contribution in [0.5, 0.6) is 0 Å². The van der Waals surface area contributed by atoms with Crippen LogP contribution in [0.3, 0.4) is 0 Å². The van der Waals surface area contributed by atoms with Gasteiger partial charge in [-0.25, -0.2) is 9.97 Å². The average molecular weight is 319 g/mol. The predicted molar refractivity (Wildman–Crippen MR) is 87.8 cm³/mol. The van der Waals surface area contributed by atoms with Crippen LogP contribution in [0.2, 0.25) is 0 Å². The maximum atomic E-state index is 12.3. The maximum absolute atomic E-state index is 12.3. The Morgan fingerprint density at radius 1 is 1.04 bits per heavy atom. The highest BCUT2D eigenvalue weighted by Gasteiger charge is 2.11. The van der Waals surface area contributed by atoms with Crippen molar-refractivity contribution in [2.75, 3.05) is 0 Å². The summed E-state index contributed by atoms with van der Waals surface area (Å²) in [7, 11) is 0. The molecule has 0 radical (unpaired) electrons. The van der Waals surface area contributed by atoms with Gasteiger partial charge < -0.3 is 9.72 Å². The van der Waals surface area contributed by atoms with Crippen molar-refractivity contribution < 1.29 is 4.79 Å². The van der Waals surface area contributed by atoms with Gasteiger partial charge in [0.2, 0.25) is 0 Å². The zero-order chi connectivity index (χ0) is 16.5. The van der Waals surface area contributed by atoms with Crippen LogP contribution in [0.1, 0.15) is 16.2 Å². The van der Waals surface area contributed by atoms with Crippen molar-refractivity contribution >= 4 is 17.2 Å². The number of imidazole rings is 1. The predicted octanol–water partition coefficient (Wildman–Crippen LogP) is 1.27. The first-order valence-corrected chi connectivity index (χ1v) is 7.40. The first-order valence-electron chi connectivity index (χ1n) is 7.40. The summed E-state index contributed by atoms with van der Waals surface area (Å²) in [5.74, 6) is -0.407. The Morgan fingerprint density at radius 2 is 1.83 bits per heavy atom. The molecule has 0 saturated heterocycles. The van der Waals surface area contributed by atoms with E-state index in [2.05, 4.69) is 15.3 Å². The summed E-state index contributed by atoms with van der Waals surface area (Å²) in [5.41, 5.74) is 1.77. The van der Waals surface area contributed by atoms with Crippen LogP contribution in [0.4, 0.5) is 0 Å². The third-order valence-electron chi connectivity index (χ3n) is 3.65. The van der Waals surface area contributed by atoms with E-state index in [1.807, 2.05) is 35.0 Å². The molecule has 0 atom stereocenters. The number of rotatable bonds is 3. The fourth-order valence-electron chi connectivity index (χ4n) is 2.50. The third kappa shape index (κ3) is 2.52. The van der Waals surface area contributed by atoms with E-state index in [4.69, 9.17) is 0 Å². The SMILES string of the molecule is O=C(NCc1cn2ccccc2n1)c1cc(=O)n2ccccc2n1. The second kappa shape index (κ2) is 5.62. The Kier molecular flexibility index (Phi) is 3.31. The van der Waals surface area contributed by atoms with Gasteiger partial charge in [-0.2, -0.15) is 0 Å². The lowest BCUT2D eigenvalue weighted by molar-refractivity contribution is 0.0945. The molecule has 24 heavy (non-hydrogen) atoms. The van der Waals surface area contributed by atoms with Crippen molar-refractivity contribution in [3.63, 3.8) is 0 Å². The number of aromatic nitrogens is 4. The number of carbonyl (C=O) groups is 1. The van der Waals surface area contributed by atoms with Crippen LogP contribution < -0.4 is 10.9 Å². The van der Waals surface area contributed by atoms with E-state index < -0.39 is 5.91 Å². The number of carbonyl (C=O) groups excluding carboxylic acids is 1. The van der Waals surface area contributed by atoms with E-state index in [1.54, 1.807) is 24.4 Å². The molecule has 7 heteroatoms.